The monoisotopic (exact) mass is 508 g/mol. The van der Waals surface area contributed by atoms with Gasteiger partial charge in [0.15, 0.2) is 0 Å². The summed E-state index contributed by atoms with van der Waals surface area (Å²) in [6.07, 6.45) is 7.78. The van der Waals surface area contributed by atoms with E-state index in [1.807, 2.05) is 12.1 Å². The van der Waals surface area contributed by atoms with Crippen molar-refractivity contribution >= 4 is 0 Å². The fourth-order valence-corrected chi connectivity index (χ4v) is 6.93. The average Bonchev–Trinajstić information content (AvgIpc) is 3.18. The van der Waals surface area contributed by atoms with Crippen LogP contribution >= 0.6 is 0 Å². The Balaban J connectivity index is 1.67. The van der Waals surface area contributed by atoms with Crippen LogP contribution in [0.5, 0.6) is 11.5 Å². The summed E-state index contributed by atoms with van der Waals surface area (Å²) >= 11 is 0. The Hall–Kier alpha value is -2.04. The van der Waals surface area contributed by atoms with Gasteiger partial charge in [0.25, 0.3) is 0 Å². The van der Waals surface area contributed by atoms with E-state index >= 15 is 0 Å². The zero-order chi connectivity index (χ0) is 26.8. The minimum Gasteiger partial charge on any atom is -0.508 e. The summed E-state index contributed by atoms with van der Waals surface area (Å²) in [7, 11) is 0. The second kappa shape index (κ2) is 11.0. The number of phenolic OH excluding ortho intramolecular Hbond substituents is 2. The number of benzene rings is 2. The average molecular weight is 509 g/mol. The van der Waals surface area contributed by atoms with Gasteiger partial charge in [-0.3, -0.25) is 0 Å². The first-order valence-corrected chi connectivity index (χ1v) is 14.4. The Bertz CT molecular complexity index is 1010. The van der Waals surface area contributed by atoms with Crippen LogP contribution in [-0.2, 0) is 38.6 Å². The van der Waals surface area contributed by atoms with Gasteiger partial charge in [-0.05, 0) is 94.9 Å². The minimum absolute atomic E-state index is 0.0278. The fraction of sp³-hybridized carbons (Fsp3) is 0.636. The van der Waals surface area contributed by atoms with Gasteiger partial charge in [0.05, 0.1) is 13.2 Å². The molecule has 0 aromatic heterocycles. The lowest BCUT2D eigenvalue weighted by atomic mass is 9.72. The molecule has 1 spiro atoms. The normalized spacial score (nSPS) is 18.3. The molecule has 2 aromatic rings. The molecule has 4 heteroatoms. The molecule has 0 aliphatic heterocycles. The Morgan fingerprint density at radius 3 is 1.41 bits per heavy atom. The second-order valence-electron chi connectivity index (χ2n) is 12.7. The number of phenols is 2. The lowest BCUT2D eigenvalue weighted by Gasteiger charge is -2.30. The first-order chi connectivity index (χ1) is 17.6. The van der Waals surface area contributed by atoms with Crippen molar-refractivity contribution in [3.63, 3.8) is 0 Å². The molecule has 2 N–H and O–H groups in total. The molecule has 0 bridgehead atoms. The molecular formula is C33H48O4. The first kappa shape index (κ1) is 28.0. The Morgan fingerprint density at radius 2 is 1.03 bits per heavy atom. The molecule has 0 saturated heterocycles. The molecule has 0 radical (unpaired) electrons. The van der Waals surface area contributed by atoms with Crippen LogP contribution in [0.15, 0.2) is 24.3 Å². The number of fused-ring (bicyclic) bond motifs is 4. The highest BCUT2D eigenvalue weighted by Crippen LogP contribution is 2.63. The Morgan fingerprint density at radius 1 is 0.622 bits per heavy atom. The summed E-state index contributed by atoms with van der Waals surface area (Å²) in [6.45, 7) is 16.5. The van der Waals surface area contributed by atoms with Gasteiger partial charge in [0.1, 0.15) is 11.5 Å². The molecule has 0 fully saturated rings. The molecule has 0 atom stereocenters. The van der Waals surface area contributed by atoms with Crippen LogP contribution in [0.3, 0.4) is 0 Å². The highest BCUT2D eigenvalue weighted by Gasteiger charge is 2.56. The van der Waals surface area contributed by atoms with Crippen molar-refractivity contribution in [2.45, 2.75) is 109 Å². The van der Waals surface area contributed by atoms with Crippen molar-refractivity contribution in [2.75, 3.05) is 26.4 Å². The van der Waals surface area contributed by atoms with Crippen LogP contribution in [0.25, 0.3) is 0 Å². The number of hydrogen-bond donors (Lipinski definition) is 2. The van der Waals surface area contributed by atoms with Gasteiger partial charge in [-0.15, -0.1) is 0 Å². The topological polar surface area (TPSA) is 58.9 Å². The lowest BCUT2D eigenvalue weighted by molar-refractivity contribution is 0.133. The molecule has 0 amide bonds. The molecule has 2 aliphatic carbocycles. The standard InChI is InChI=1S/C33H48O4/c1-7-9-13-36-15-11-23-17-25-27(19-29(23)34)33(21-31(25,3)4)22-32(5,6)26-18-24(30(35)20-28(26)33)12-16-37-14-10-8-2/h17-20,34-35H,7-16,21-22H2,1-6H3. The number of hydrogen-bond acceptors (Lipinski definition) is 4. The molecule has 0 heterocycles. The van der Waals surface area contributed by atoms with E-state index in [4.69, 9.17) is 9.47 Å². The summed E-state index contributed by atoms with van der Waals surface area (Å²) in [5.41, 5.74) is 6.79. The Labute approximate surface area is 224 Å². The van der Waals surface area contributed by atoms with E-state index in [-0.39, 0.29) is 16.2 Å². The molecule has 4 rings (SSSR count). The summed E-state index contributed by atoms with van der Waals surface area (Å²) in [5.74, 6) is 0.734. The van der Waals surface area contributed by atoms with Gasteiger partial charge in [-0.1, -0.05) is 66.5 Å². The predicted octanol–water partition coefficient (Wildman–Crippen LogP) is 7.46. The fourth-order valence-electron chi connectivity index (χ4n) is 6.93. The van der Waals surface area contributed by atoms with Crippen molar-refractivity contribution in [3.8, 4) is 11.5 Å². The smallest absolute Gasteiger partial charge is 0.119 e. The molecule has 2 aliphatic rings. The molecule has 204 valence electrons. The molecule has 0 saturated carbocycles. The minimum atomic E-state index is -0.209. The van der Waals surface area contributed by atoms with Crippen LogP contribution in [-0.4, -0.2) is 36.6 Å². The molecule has 4 nitrogen and oxygen atoms in total. The SMILES string of the molecule is CCCCOCCc1cc2c(cc1O)C1(CC2(C)C)CC(C)(C)c2cc(CCOCCCC)c(O)cc21. The summed E-state index contributed by atoms with van der Waals surface area (Å²) in [6, 6.07) is 8.53. The zero-order valence-electron chi connectivity index (χ0n) is 24.0. The van der Waals surface area contributed by atoms with Crippen molar-refractivity contribution in [1.82, 2.24) is 0 Å². The third-order valence-electron chi connectivity index (χ3n) is 8.73. The van der Waals surface area contributed by atoms with Crippen molar-refractivity contribution in [1.29, 1.82) is 0 Å². The zero-order valence-corrected chi connectivity index (χ0v) is 24.0. The summed E-state index contributed by atoms with van der Waals surface area (Å²) in [4.78, 5) is 0. The Kier molecular flexibility index (Phi) is 8.30. The largest absolute Gasteiger partial charge is 0.508 e. The van der Waals surface area contributed by atoms with Crippen LogP contribution in [0.2, 0.25) is 0 Å². The summed E-state index contributed by atoms with van der Waals surface area (Å²) < 4.78 is 11.6. The third-order valence-corrected chi connectivity index (χ3v) is 8.73. The van der Waals surface area contributed by atoms with Crippen LogP contribution in [0, 0.1) is 0 Å². The number of rotatable bonds is 12. The highest BCUT2D eigenvalue weighted by molar-refractivity contribution is 5.63. The van der Waals surface area contributed by atoms with Gasteiger partial charge in [0.2, 0.25) is 0 Å². The number of aromatic hydroxyl groups is 2. The van der Waals surface area contributed by atoms with Crippen LogP contribution < -0.4 is 0 Å². The maximum atomic E-state index is 11.1. The molecule has 0 unspecified atom stereocenters. The van der Waals surface area contributed by atoms with E-state index in [2.05, 4.69) is 53.7 Å². The quantitative estimate of drug-likeness (QED) is 0.292. The van der Waals surface area contributed by atoms with Gasteiger partial charge in [0, 0.05) is 18.6 Å². The molecular weight excluding hydrogens is 460 g/mol. The van der Waals surface area contributed by atoms with Gasteiger partial charge >= 0.3 is 0 Å². The second-order valence-corrected chi connectivity index (χ2v) is 12.7. The van der Waals surface area contributed by atoms with E-state index in [0.717, 1.165) is 75.7 Å². The summed E-state index contributed by atoms with van der Waals surface area (Å²) in [5, 5.41) is 22.2. The molecule has 2 aromatic carbocycles. The van der Waals surface area contributed by atoms with Crippen molar-refractivity contribution in [3.05, 3.63) is 57.6 Å². The molecule has 37 heavy (non-hydrogen) atoms. The van der Waals surface area contributed by atoms with Gasteiger partial charge in [-0.25, -0.2) is 0 Å². The van der Waals surface area contributed by atoms with E-state index < -0.39 is 0 Å². The maximum Gasteiger partial charge on any atom is 0.119 e. The van der Waals surface area contributed by atoms with E-state index in [9.17, 15) is 10.2 Å². The predicted molar refractivity (Wildman–Crippen MR) is 151 cm³/mol. The van der Waals surface area contributed by atoms with Gasteiger partial charge in [-0.2, -0.15) is 0 Å². The van der Waals surface area contributed by atoms with Crippen molar-refractivity contribution < 1.29 is 19.7 Å². The first-order valence-electron chi connectivity index (χ1n) is 14.4. The lowest BCUT2D eigenvalue weighted by Crippen LogP contribution is -2.26. The van der Waals surface area contributed by atoms with E-state index in [1.54, 1.807) is 0 Å². The van der Waals surface area contributed by atoms with Gasteiger partial charge < -0.3 is 19.7 Å². The van der Waals surface area contributed by atoms with Crippen LogP contribution in [0.1, 0.15) is 113 Å². The third kappa shape index (κ3) is 5.43. The maximum absolute atomic E-state index is 11.1. The highest BCUT2D eigenvalue weighted by atomic mass is 16.5. The number of ether oxygens (including phenoxy) is 2. The van der Waals surface area contributed by atoms with Crippen molar-refractivity contribution in [2.24, 2.45) is 0 Å². The van der Waals surface area contributed by atoms with E-state index in [1.165, 1.54) is 22.3 Å². The van der Waals surface area contributed by atoms with Crippen LogP contribution in [0.4, 0.5) is 0 Å². The number of unbranched alkanes of at least 4 members (excludes halogenated alkanes) is 2. The van der Waals surface area contributed by atoms with E-state index in [0.29, 0.717) is 24.7 Å².